The standard InChI is InChI=1S/C11H9N5O2S/c12-5-8-1-3-9(4-2-8)6-16-11(13-14-15-16)19-7-10(17)18/h1-4H,6-7H2,(H,17,18). The normalized spacial score (nSPS) is 10.1. The van der Waals surface area contributed by atoms with Gasteiger partial charge >= 0.3 is 5.97 Å². The molecule has 7 nitrogen and oxygen atoms in total. The van der Waals surface area contributed by atoms with E-state index in [0.717, 1.165) is 17.3 Å². The second-order valence-electron chi connectivity index (χ2n) is 3.61. The van der Waals surface area contributed by atoms with E-state index in [1.165, 1.54) is 4.68 Å². The monoisotopic (exact) mass is 275 g/mol. The van der Waals surface area contributed by atoms with Gasteiger partial charge in [-0.15, -0.1) is 5.10 Å². The molecule has 0 saturated heterocycles. The van der Waals surface area contributed by atoms with Crippen molar-refractivity contribution in [2.75, 3.05) is 5.75 Å². The fraction of sp³-hybridized carbons (Fsp3) is 0.182. The van der Waals surface area contributed by atoms with Crippen molar-refractivity contribution < 1.29 is 9.90 Å². The van der Waals surface area contributed by atoms with Crippen LogP contribution in [0.25, 0.3) is 0 Å². The summed E-state index contributed by atoms with van der Waals surface area (Å²) in [6.45, 7) is 0.431. The molecular weight excluding hydrogens is 266 g/mol. The van der Waals surface area contributed by atoms with E-state index in [1.54, 1.807) is 12.1 Å². The molecule has 1 heterocycles. The third-order valence-electron chi connectivity index (χ3n) is 2.24. The highest BCUT2D eigenvalue weighted by Gasteiger charge is 2.09. The van der Waals surface area contributed by atoms with Crippen LogP contribution in [0.15, 0.2) is 29.4 Å². The first-order valence-corrected chi connectivity index (χ1v) is 6.27. The van der Waals surface area contributed by atoms with Crippen molar-refractivity contribution in [1.82, 2.24) is 20.2 Å². The van der Waals surface area contributed by atoms with Crippen LogP contribution >= 0.6 is 11.8 Å². The van der Waals surface area contributed by atoms with Crippen LogP contribution < -0.4 is 0 Å². The highest BCUT2D eigenvalue weighted by molar-refractivity contribution is 7.99. The Morgan fingerprint density at radius 2 is 2.16 bits per heavy atom. The molecule has 1 N–H and O–H groups in total. The largest absolute Gasteiger partial charge is 0.481 e. The molecule has 0 amide bonds. The number of rotatable bonds is 5. The zero-order valence-electron chi connectivity index (χ0n) is 9.72. The van der Waals surface area contributed by atoms with Gasteiger partial charge in [-0.1, -0.05) is 23.9 Å². The zero-order chi connectivity index (χ0) is 13.7. The Labute approximate surface area is 112 Å². The number of aliphatic carboxylic acids is 1. The highest BCUT2D eigenvalue weighted by atomic mass is 32.2. The van der Waals surface area contributed by atoms with Crippen LogP contribution in [-0.2, 0) is 11.3 Å². The average molecular weight is 275 g/mol. The zero-order valence-corrected chi connectivity index (χ0v) is 10.5. The van der Waals surface area contributed by atoms with E-state index in [2.05, 4.69) is 15.5 Å². The lowest BCUT2D eigenvalue weighted by Crippen LogP contribution is -2.06. The summed E-state index contributed by atoms with van der Waals surface area (Å²) in [5, 5.41) is 28.9. The number of carbonyl (C=O) groups is 1. The maximum atomic E-state index is 10.5. The molecule has 0 unspecified atom stereocenters. The molecule has 0 fully saturated rings. The Morgan fingerprint density at radius 1 is 1.42 bits per heavy atom. The molecule has 1 aromatic carbocycles. The van der Waals surface area contributed by atoms with Gasteiger partial charge in [-0.2, -0.15) is 5.26 Å². The maximum Gasteiger partial charge on any atom is 0.313 e. The third kappa shape index (κ3) is 3.53. The lowest BCUT2D eigenvalue weighted by molar-refractivity contribution is -0.133. The van der Waals surface area contributed by atoms with Crippen molar-refractivity contribution in [2.45, 2.75) is 11.7 Å². The molecule has 2 aromatic rings. The first-order valence-electron chi connectivity index (χ1n) is 5.29. The van der Waals surface area contributed by atoms with Crippen LogP contribution in [0, 0.1) is 11.3 Å². The Kier molecular flexibility index (Phi) is 4.10. The number of benzene rings is 1. The SMILES string of the molecule is N#Cc1ccc(Cn2nnnc2SCC(=O)O)cc1. The van der Waals surface area contributed by atoms with Gasteiger partial charge in [-0.25, -0.2) is 4.68 Å². The summed E-state index contributed by atoms with van der Waals surface area (Å²) in [4.78, 5) is 10.5. The number of tetrazole rings is 1. The number of nitriles is 1. The van der Waals surface area contributed by atoms with Crippen LogP contribution in [0.1, 0.15) is 11.1 Å². The summed E-state index contributed by atoms with van der Waals surface area (Å²) < 4.78 is 1.52. The molecule has 96 valence electrons. The van der Waals surface area contributed by atoms with Gasteiger partial charge in [0.1, 0.15) is 0 Å². The second-order valence-corrected chi connectivity index (χ2v) is 4.55. The average Bonchev–Trinajstić information content (AvgIpc) is 2.84. The minimum absolute atomic E-state index is 0.0895. The van der Waals surface area contributed by atoms with Crippen molar-refractivity contribution in [3.05, 3.63) is 35.4 Å². The van der Waals surface area contributed by atoms with Crippen LogP contribution in [0.5, 0.6) is 0 Å². The molecule has 1 aromatic heterocycles. The van der Waals surface area contributed by atoms with Gasteiger partial charge in [-0.05, 0) is 28.1 Å². The minimum Gasteiger partial charge on any atom is -0.481 e. The fourth-order valence-electron chi connectivity index (χ4n) is 1.38. The predicted octanol–water partition coefficient (Wildman–Crippen LogP) is 0.770. The number of carboxylic acid groups (broad SMARTS) is 1. The molecule has 0 radical (unpaired) electrons. The van der Waals surface area contributed by atoms with E-state index in [-0.39, 0.29) is 5.75 Å². The molecule has 8 heteroatoms. The van der Waals surface area contributed by atoms with Gasteiger partial charge < -0.3 is 5.11 Å². The van der Waals surface area contributed by atoms with Gasteiger partial charge in [-0.3, -0.25) is 4.79 Å². The Hall–Kier alpha value is -2.40. The van der Waals surface area contributed by atoms with Crippen molar-refractivity contribution in [1.29, 1.82) is 5.26 Å². The van der Waals surface area contributed by atoms with E-state index in [4.69, 9.17) is 10.4 Å². The molecule has 0 aliphatic rings. The molecule has 19 heavy (non-hydrogen) atoms. The number of hydrogen-bond acceptors (Lipinski definition) is 6. The number of aromatic nitrogens is 4. The fourth-order valence-corrected chi connectivity index (χ4v) is 1.98. The molecule has 0 saturated carbocycles. The Balaban J connectivity index is 2.08. The first kappa shape index (κ1) is 13.0. The van der Waals surface area contributed by atoms with Crippen LogP contribution in [0.2, 0.25) is 0 Å². The molecule has 2 rings (SSSR count). The number of nitrogens with zero attached hydrogens (tertiary/aromatic N) is 5. The lowest BCUT2D eigenvalue weighted by atomic mass is 10.1. The van der Waals surface area contributed by atoms with Crippen molar-refractivity contribution in [3.8, 4) is 6.07 Å². The molecule has 0 bridgehead atoms. The minimum atomic E-state index is -0.919. The van der Waals surface area contributed by atoms with Crippen LogP contribution in [0.4, 0.5) is 0 Å². The number of carboxylic acids is 1. The lowest BCUT2D eigenvalue weighted by Gasteiger charge is -2.03. The van der Waals surface area contributed by atoms with Crippen molar-refractivity contribution in [3.63, 3.8) is 0 Å². The second kappa shape index (κ2) is 5.97. The van der Waals surface area contributed by atoms with Crippen molar-refractivity contribution >= 4 is 17.7 Å². The van der Waals surface area contributed by atoms with Gasteiger partial charge in [0.15, 0.2) is 0 Å². The van der Waals surface area contributed by atoms with E-state index in [9.17, 15) is 4.79 Å². The third-order valence-corrected chi connectivity index (χ3v) is 3.18. The summed E-state index contributed by atoms with van der Waals surface area (Å²) in [7, 11) is 0. The maximum absolute atomic E-state index is 10.5. The molecule has 0 aliphatic carbocycles. The van der Waals surface area contributed by atoms with Gasteiger partial charge in [0.25, 0.3) is 0 Å². The number of hydrogen-bond donors (Lipinski definition) is 1. The molecule has 0 spiro atoms. The van der Waals surface area contributed by atoms with Crippen LogP contribution in [0.3, 0.4) is 0 Å². The number of thioether (sulfide) groups is 1. The summed E-state index contributed by atoms with van der Waals surface area (Å²) in [5.74, 6) is -1.01. The predicted molar refractivity (Wildman–Crippen MR) is 66.4 cm³/mol. The first-order chi connectivity index (χ1) is 9.19. The van der Waals surface area contributed by atoms with E-state index < -0.39 is 5.97 Å². The quantitative estimate of drug-likeness (QED) is 0.803. The van der Waals surface area contributed by atoms with Crippen molar-refractivity contribution in [2.24, 2.45) is 0 Å². The summed E-state index contributed by atoms with van der Waals surface area (Å²) in [6.07, 6.45) is 0. The smallest absolute Gasteiger partial charge is 0.313 e. The van der Waals surface area contributed by atoms with Crippen LogP contribution in [-0.4, -0.2) is 37.0 Å². The van der Waals surface area contributed by atoms with E-state index >= 15 is 0 Å². The van der Waals surface area contributed by atoms with E-state index in [1.807, 2.05) is 18.2 Å². The van der Waals surface area contributed by atoms with Gasteiger partial charge in [0.05, 0.1) is 23.9 Å². The molecule has 0 aliphatic heterocycles. The summed E-state index contributed by atoms with van der Waals surface area (Å²) in [5.41, 5.74) is 1.52. The highest BCUT2D eigenvalue weighted by Crippen LogP contribution is 2.14. The topological polar surface area (TPSA) is 105 Å². The summed E-state index contributed by atoms with van der Waals surface area (Å²) >= 11 is 1.06. The van der Waals surface area contributed by atoms with Gasteiger partial charge in [0, 0.05) is 0 Å². The Morgan fingerprint density at radius 3 is 2.79 bits per heavy atom. The Bertz CT molecular complexity index is 617. The van der Waals surface area contributed by atoms with E-state index in [0.29, 0.717) is 17.3 Å². The molecule has 0 atom stereocenters. The molecular formula is C11H9N5O2S. The van der Waals surface area contributed by atoms with Gasteiger partial charge in [0.2, 0.25) is 5.16 Å². The summed E-state index contributed by atoms with van der Waals surface area (Å²) in [6, 6.07) is 9.09.